The van der Waals surface area contributed by atoms with E-state index in [1.165, 1.54) is 6.42 Å². The van der Waals surface area contributed by atoms with Gasteiger partial charge in [-0.25, -0.2) is 0 Å². The third-order valence-electron chi connectivity index (χ3n) is 3.12. The molecule has 1 fully saturated rings. The van der Waals surface area contributed by atoms with Crippen molar-refractivity contribution in [3.05, 3.63) is 35.4 Å². The lowest BCUT2D eigenvalue weighted by atomic mass is 10.1. The zero-order chi connectivity index (χ0) is 12.8. The molecule has 0 saturated carbocycles. The molecule has 4 heteroatoms. The average Bonchev–Trinajstić information content (AvgIpc) is 2.92. The standard InChI is InChI=1S/C14H18N2O2/c15-14(10-18-9-13-2-1-7-16-13)12-5-3-11(8-17)4-6-12/h3-6,8,13,15-16H,1-2,7,9-10H2. The van der Waals surface area contributed by atoms with Gasteiger partial charge < -0.3 is 15.5 Å². The van der Waals surface area contributed by atoms with E-state index in [9.17, 15) is 4.79 Å². The van der Waals surface area contributed by atoms with Crippen LogP contribution in [0.1, 0.15) is 28.8 Å². The maximum atomic E-state index is 10.5. The van der Waals surface area contributed by atoms with Gasteiger partial charge >= 0.3 is 0 Å². The molecule has 1 aromatic carbocycles. The number of ether oxygens (including phenoxy) is 1. The van der Waals surface area contributed by atoms with E-state index >= 15 is 0 Å². The molecule has 1 unspecified atom stereocenters. The first-order valence-corrected chi connectivity index (χ1v) is 6.24. The summed E-state index contributed by atoms with van der Waals surface area (Å²) in [4.78, 5) is 10.5. The smallest absolute Gasteiger partial charge is 0.150 e. The van der Waals surface area contributed by atoms with Crippen molar-refractivity contribution in [3.8, 4) is 0 Å². The SMILES string of the molecule is N=C(COCC1CCCN1)c1ccc(C=O)cc1. The third kappa shape index (κ3) is 3.48. The predicted octanol–water partition coefficient (Wildman–Crippen LogP) is 1.64. The fourth-order valence-corrected chi connectivity index (χ4v) is 2.05. The zero-order valence-corrected chi connectivity index (χ0v) is 10.3. The van der Waals surface area contributed by atoms with Crippen LogP contribution in [0.2, 0.25) is 0 Å². The molecular weight excluding hydrogens is 228 g/mol. The van der Waals surface area contributed by atoms with Crippen molar-refractivity contribution in [2.24, 2.45) is 0 Å². The van der Waals surface area contributed by atoms with Crippen LogP contribution in [0.15, 0.2) is 24.3 Å². The van der Waals surface area contributed by atoms with Crippen molar-refractivity contribution in [2.45, 2.75) is 18.9 Å². The van der Waals surface area contributed by atoms with Crippen LogP contribution in [0.5, 0.6) is 0 Å². The number of rotatable bonds is 6. The second-order valence-electron chi connectivity index (χ2n) is 4.53. The van der Waals surface area contributed by atoms with Gasteiger partial charge in [0.1, 0.15) is 6.29 Å². The van der Waals surface area contributed by atoms with Crippen LogP contribution in [0.25, 0.3) is 0 Å². The summed E-state index contributed by atoms with van der Waals surface area (Å²) in [5.41, 5.74) is 1.88. The Balaban J connectivity index is 1.77. The zero-order valence-electron chi connectivity index (χ0n) is 10.3. The van der Waals surface area contributed by atoms with Gasteiger partial charge in [0.15, 0.2) is 0 Å². The average molecular weight is 246 g/mol. The highest BCUT2D eigenvalue weighted by Crippen LogP contribution is 2.07. The highest BCUT2D eigenvalue weighted by atomic mass is 16.5. The second kappa shape index (κ2) is 6.42. The van der Waals surface area contributed by atoms with Crippen LogP contribution in [0, 0.1) is 5.41 Å². The third-order valence-corrected chi connectivity index (χ3v) is 3.12. The fourth-order valence-electron chi connectivity index (χ4n) is 2.05. The Bertz CT molecular complexity index is 408. The van der Waals surface area contributed by atoms with Crippen molar-refractivity contribution in [3.63, 3.8) is 0 Å². The summed E-state index contributed by atoms with van der Waals surface area (Å²) in [6, 6.07) is 7.44. The Morgan fingerprint density at radius 2 is 2.22 bits per heavy atom. The van der Waals surface area contributed by atoms with Gasteiger partial charge in [-0.3, -0.25) is 4.79 Å². The summed E-state index contributed by atoms with van der Waals surface area (Å²) in [7, 11) is 0. The van der Waals surface area contributed by atoms with E-state index in [1.54, 1.807) is 24.3 Å². The molecule has 0 radical (unpaired) electrons. The van der Waals surface area contributed by atoms with E-state index in [2.05, 4.69) is 5.32 Å². The molecule has 1 saturated heterocycles. The number of aldehydes is 1. The van der Waals surface area contributed by atoms with Crippen LogP contribution in [0.4, 0.5) is 0 Å². The highest BCUT2D eigenvalue weighted by Gasteiger charge is 2.14. The van der Waals surface area contributed by atoms with Gasteiger partial charge in [-0.1, -0.05) is 24.3 Å². The first kappa shape index (κ1) is 12.9. The minimum atomic E-state index is 0.318. The molecule has 18 heavy (non-hydrogen) atoms. The van der Waals surface area contributed by atoms with E-state index in [-0.39, 0.29) is 0 Å². The lowest BCUT2D eigenvalue weighted by Crippen LogP contribution is -2.27. The summed E-state index contributed by atoms with van der Waals surface area (Å²) >= 11 is 0. The van der Waals surface area contributed by atoms with Crippen LogP contribution < -0.4 is 5.32 Å². The van der Waals surface area contributed by atoms with Gasteiger partial charge in [-0.2, -0.15) is 0 Å². The van der Waals surface area contributed by atoms with Crippen molar-refractivity contribution >= 4 is 12.0 Å². The van der Waals surface area contributed by atoms with Crippen LogP contribution in [-0.2, 0) is 4.74 Å². The van der Waals surface area contributed by atoms with Gasteiger partial charge in [0.2, 0.25) is 0 Å². The molecule has 2 N–H and O–H groups in total. The lowest BCUT2D eigenvalue weighted by molar-refractivity contribution is 0.112. The van der Waals surface area contributed by atoms with Crippen molar-refractivity contribution in [2.75, 3.05) is 19.8 Å². The summed E-state index contributed by atoms with van der Waals surface area (Å²) in [6.45, 7) is 2.05. The van der Waals surface area contributed by atoms with Crippen LogP contribution in [0.3, 0.4) is 0 Å². The molecule has 1 heterocycles. The predicted molar refractivity (Wildman–Crippen MR) is 70.5 cm³/mol. The molecule has 1 atom stereocenters. The summed E-state index contributed by atoms with van der Waals surface area (Å²) in [5.74, 6) is 0. The van der Waals surface area contributed by atoms with Gasteiger partial charge in [0, 0.05) is 11.6 Å². The molecule has 1 aliphatic rings. The highest BCUT2D eigenvalue weighted by molar-refractivity contribution is 5.99. The van der Waals surface area contributed by atoms with Crippen molar-refractivity contribution in [1.82, 2.24) is 5.32 Å². The maximum Gasteiger partial charge on any atom is 0.150 e. The Kier molecular flexibility index (Phi) is 4.61. The summed E-state index contributed by atoms with van der Waals surface area (Å²) < 4.78 is 5.53. The summed E-state index contributed by atoms with van der Waals surface area (Å²) in [6.07, 6.45) is 3.16. The molecule has 0 aromatic heterocycles. The van der Waals surface area contributed by atoms with Crippen molar-refractivity contribution in [1.29, 1.82) is 5.41 Å². The van der Waals surface area contributed by atoms with Crippen molar-refractivity contribution < 1.29 is 9.53 Å². The quantitative estimate of drug-likeness (QED) is 0.592. The van der Waals surface area contributed by atoms with Gasteiger partial charge in [0.25, 0.3) is 0 Å². The van der Waals surface area contributed by atoms with E-state index in [1.807, 2.05) is 0 Å². The van der Waals surface area contributed by atoms with Crippen LogP contribution in [-0.4, -0.2) is 37.8 Å². The van der Waals surface area contributed by atoms with E-state index in [4.69, 9.17) is 10.1 Å². The number of nitrogens with one attached hydrogen (secondary N) is 2. The molecule has 0 aliphatic carbocycles. The second-order valence-corrected chi connectivity index (χ2v) is 4.53. The Labute approximate surface area is 107 Å². The van der Waals surface area contributed by atoms with E-state index in [0.29, 0.717) is 30.5 Å². The molecule has 1 aromatic rings. The normalized spacial score (nSPS) is 18.8. The number of benzene rings is 1. The number of hydrogen-bond donors (Lipinski definition) is 2. The lowest BCUT2D eigenvalue weighted by Gasteiger charge is -2.11. The Morgan fingerprint density at radius 3 is 2.83 bits per heavy atom. The van der Waals surface area contributed by atoms with Crippen LogP contribution >= 0.6 is 0 Å². The van der Waals surface area contributed by atoms with Gasteiger partial charge in [-0.05, 0) is 24.9 Å². The van der Waals surface area contributed by atoms with Gasteiger partial charge in [0.05, 0.1) is 18.9 Å². The molecule has 0 bridgehead atoms. The molecule has 1 aliphatic heterocycles. The molecule has 0 amide bonds. The number of hydrogen-bond acceptors (Lipinski definition) is 4. The first-order chi connectivity index (χ1) is 8.79. The Hall–Kier alpha value is -1.52. The summed E-state index contributed by atoms with van der Waals surface area (Å²) in [5, 5.41) is 11.2. The Morgan fingerprint density at radius 1 is 1.44 bits per heavy atom. The first-order valence-electron chi connectivity index (χ1n) is 6.24. The molecule has 4 nitrogen and oxygen atoms in total. The largest absolute Gasteiger partial charge is 0.374 e. The molecular formula is C14H18N2O2. The molecule has 2 rings (SSSR count). The fraction of sp³-hybridized carbons (Fsp3) is 0.429. The maximum absolute atomic E-state index is 10.5. The molecule has 0 spiro atoms. The molecule has 96 valence electrons. The van der Waals surface area contributed by atoms with Gasteiger partial charge in [-0.15, -0.1) is 0 Å². The van der Waals surface area contributed by atoms with E-state index < -0.39 is 0 Å². The minimum absolute atomic E-state index is 0.318. The monoisotopic (exact) mass is 246 g/mol. The van der Waals surface area contributed by atoms with E-state index in [0.717, 1.165) is 24.8 Å². The topological polar surface area (TPSA) is 62.2 Å². The minimum Gasteiger partial charge on any atom is -0.374 e. The number of carbonyl (C=O) groups excluding carboxylic acids is 1. The number of carbonyl (C=O) groups is 1.